The highest BCUT2D eigenvalue weighted by Crippen LogP contribution is 2.30. The maximum absolute atomic E-state index is 5.51. The molecule has 0 unspecified atom stereocenters. The van der Waals surface area contributed by atoms with E-state index in [1.165, 1.54) is 5.69 Å². The topological polar surface area (TPSA) is 62.3 Å². The summed E-state index contributed by atoms with van der Waals surface area (Å²) in [6.07, 6.45) is 1.02. The molecule has 3 aromatic rings. The van der Waals surface area contributed by atoms with Crippen LogP contribution in [0.25, 0.3) is 11.3 Å². The van der Waals surface area contributed by atoms with Crippen molar-refractivity contribution in [2.75, 3.05) is 48.4 Å². The highest BCUT2D eigenvalue weighted by Gasteiger charge is 2.15. The molecule has 0 radical (unpaired) electrons. The molecule has 0 atom stereocenters. The van der Waals surface area contributed by atoms with Gasteiger partial charge in [-0.25, -0.2) is 4.98 Å². The summed E-state index contributed by atoms with van der Waals surface area (Å²) in [5.74, 6) is 1.41. The molecule has 0 bridgehead atoms. The molecule has 1 aliphatic heterocycles. The number of hydrogen-bond acceptors (Lipinski definition) is 6. The maximum Gasteiger partial charge on any atom is 0.225 e. The van der Waals surface area contributed by atoms with Gasteiger partial charge in [-0.2, -0.15) is 4.98 Å². The Labute approximate surface area is 172 Å². The van der Waals surface area contributed by atoms with E-state index >= 15 is 0 Å². The predicted molar refractivity (Wildman–Crippen MR) is 119 cm³/mol. The van der Waals surface area contributed by atoms with E-state index in [2.05, 4.69) is 52.8 Å². The van der Waals surface area contributed by atoms with Crippen LogP contribution in [0.4, 0.5) is 23.1 Å². The van der Waals surface area contributed by atoms with Crippen LogP contribution in [0.15, 0.2) is 60.7 Å². The normalized spacial score (nSPS) is 13.9. The molecule has 0 aliphatic carbocycles. The molecule has 1 aromatic heterocycles. The van der Waals surface area contributed by atoms with Crippen molar-refractivity contribution in [1.82, 2.24) is 9.97 Å². The summed E-state index contributed by atoms with van der Waals surface area (Å²) in [7, 11) is 0. The Morgan fingerprint density at radius 2 is 1.72 bits per heavy atom. The third kappa shape index (κ3) is 4.84. The predicted octanol–water partition coefficient (Wildman–Crippen LogP) is 4.55. The zero-order valence-electron chi connectivity index (χ0n) is 16.8. The van der Waals surface area contributed by atoms with Crippen LogP contribution in [-0.2, 0) is 4.74 Å². The third-order valence-electron chi connectivity index (χ3n) is 4.85. The second-order valence-corrected chi connectivity index (χ2v) is 7.00. The summed E-state index contributed by atoms with van der Waals surface area (Å²) in [6.45, 7) is 6.26. The summed E-state index contributed by atoms with van der Waals surface area (Å²) < 4.78 is 5.51. The van der Waals surface area contributed by atoms with Gasteiger partial charge in [0, 0.05) is 31.3 Å². The van der Waals surface area contributed by atoms with Crippen molar-refractivity contribution in [3.8, 4) is 11.3 Å². The number of aromatic nitrogens is 2. The second kappa shape index (κ2) is 9.39. The first-order chi connectivity index (χ1) is 14.3. The van der Waals surface area contributed by atoms with E-state index in [1.807, 2.05) is 30.3 Å². The molecule has 1 aliphatic rings. The first-order valence-electron chi connectivity index (χ1n) is 10.2. The van der Waals surface area contributed by atoms with E-state index in [9.17, 15) is 0 Å². The third-order valence-corrected chi connectivity index (χ3v) is 4.85. The van der Waals surface area contributed by atoms with Crippen molar-refractivity contribution >= 4 is 23.1 Å². The van der Waals surface area contributed by atoms with Gasteiger partial charge in [0.25, 0.3) is 0 Å². The summed E-state index contributed by atoms with van der Waals surface area (Å²) in [6, 6.07) is 20.5. The van der Waals surface area contributed by atoms with E-state index in [0.29, 0.717) is 5.95 Å². The van der Waals surface area contributed by atoms with Gasteiger partial charge in [0.05, 0.1) is 30.3 Å². The van der Waals surface area contributed by atoms with Crippen LogP contribution < -0.4 is 15.5 Å². The Hall–Kier alpha value is -3.12. The van der Waals surface area contributed by atoms with E-state index < -0.39 is 0 Å². The van der Waals surface area contributed by atoms with Crippen molar-refractivity contribution < 1.29 is 4.74 Å². The van der Waals surface area contributed by atoms with Gasteiger partial charge in [0.15, 0.2) is 0 Å². The molecule has 6 nitrogen and oxygen atoms in total. The highest BCUT2D eigenvalue weighted by molar-refractivity contribution is 5.76. The zero-order chi connectivity index (χ0) is 19.9. The monoisotopic (exact) mass is 389 g/mol. The number of anilines is 4. The smallest absolute Gasteiger partial charge is 0.225 e. The van der Waals surface area contributed by atoms with Crippen LogP contribution in [0.3, 0.4) is 0 Å². The molecular weight excluding hydrogens is 362 g/mol. The molecule has 1 saturated heterocycles. The summed E-state index contributed by atoms with van der Waals surface area (Å²) >= 11 is 0. The first kappa shape index (κ1) is 19.2. The minimum atomic E-state index is 0.638. The van der Waals surface area contributed by atoms with E-state index in [1.54, 1.807) is 0 Å². The molecule has 2 aromatic carbocycles. The molecule has 0 saturated carbocycles. The lowest BCUT2D eigenvalue weighted by molar-refractivity contribution is 0.123. The van der Waals surface area contributed by atoms with Crippen LogP contribution in [0.2, 0.25) is 0 Å². The fraction of sp³-hybridized carbons (Fsp3) is 0.304. The SMILES string of the molecule is CCCNc1nc(Nc2ccccc2N2CCOCC2)cc(-c2ccccc2)n1. The van der Waals surface area contributed by atoms with Gasteiger partial charge < -0.3 is 20.3 Å². The van der Waals surface area contributed by atoms with Crippen LogP contribution in [0, 0.1) is 0 Å². The van der Waals surface area contributed by atoms with Gasteiger partial charge in [0.1, 0.15) is 5.82 Å². The van der Waals surface area contributed by atoms with Gasteiger partial charge in [-0.3, -0.25) is 0 Å². The quantitative estimate of drug-likeness (QED) is 0.618. The molecule has 0 amide bonds. The lowest BCUT2D eigenvalue weighted by atomic mass is 10.1. The number of nitrogens with zero attached hydrogens (tertiary/aromatic N) is 3. The Morgan fingerprint density at radius 1 is 0.966 bits per heavy atom. The highest BCUT2D eigenvalue weighted by atomic mass is 16.5. The largest absolute Gasteiger partial charge is 0.378 e. The van der Waals surface area contributed by atoms with Crippen LogP contribution >= 0.6 is 0 Å². The number of morpholine rings is 1. The van der Waals surface area contributed by atoms with Crippen molar-refractivity contribution in [2.45, 2.75) is 13.3 Å². The molecule has 1 fully saturated rings. The van der Waals surface area contributed by atoms with Crippen molar-refractivity contribution in [3.05, 3.63) is 60.7 Å². The lowest BCUT2D eigenvalue weighted by Crippen LogP contribution is -2.36. The van der Waals surface area contributed by atoms with Crippen molar-refractivity contribution in [3.63, 3.8) is 0 Å². The van der Waals surface area contributed by atoms with Gasteiger partial charge in [-0.15, -0.1) is 0 Å². The van der Waals surface area contributed by atoms with Crippen LogP contribution in [0.5, 0.6) is 0 Å². The van der Waals surface area contributed by atoms with Gasteiger partial charge in [0.2, 0.25) is 5.95 Å². The van der Waals surface area contributed by atoms with Gasteiger partial charge in [-0.05, 0) is 18.6 Å². The maximum atomic E-state index is 5.51. The fourth-order valence-corrected chi connectivity index (χ4v) is 3.38. The molecular formula is C23H27N5O. The zero-order valence-corrected chi connectivity index (χ0v) is 16.8. The number of hydrogen-bond donors (Lipinski definition) is 2. The summed E-state index contributed by atoms with van der Waals surface area (Å²) in [4.78, 5) is 11.8. The lowest BCUT2D eigenvalue weighted by Gasteiger charge is -2.30. The first-order valence-corrected chi connectivity index (χ1v) is 10.2. The second-order valence-electron chi connectivity index (χ2n) is 7.00. The average Bonchev–Trinajstić information content (AvgIpc) is 2.79. The molecule has 0 spiro atoms. The van der Waals surface area contributed by atoms with Gasteiger partial charge >= 0.3 is 0 Å². The van der Waals surface area contributed by atoms with Crippen LogP contribution in [0.1, 0.15) is 13.3 Å². The standard InChI is InChI=1S/C23H27N5O/c1-2-12-24-23-26-20(18-8-4-3-5-9-18)17-22(27-23)25-19-10-6-7-11-21(19)28-13-15-29-16-14-28/h3-11,17H,2,12-16H2,1H3,(H2,24,25,26,27). The van der Waals surface area contributed by atoms with E-state index in [4.69, 9.17) is 14.7 Å². The number of benzene rings is 2. The van der Waals surface area contributed by atoms with E-state index in [-0.39, 0.29) is 0 Å². The Bertz CT molecular complexity index is 926. The van der Waals surface area contributed by atoms with Crippen molar-refractivity contribution in [1.29, 1.82) is 0 Å². The molecule has 2 heterocycles. The minimum Gasteiger partial charge on any atom is -0.378 e. The molecule has 2 N–H and O–H groups in total. The number of ether oxygens (including phenoxy) is 1. The minimum absolute atomic E-state index is 0.638. The molecule has 6 heteroatoms. The molecule has 29 heavy (non-hydrogen) atoms. The van der Waals surface area contributed by atoms with E-state index in [0.717, 1.165) is 62.0 Å². The number of para-hydroxylation sites is 2. The van der Waals surface area contributed by atoms with Crippen LogP contribution in [-0.4, -0.2) is 42.8 Å². The van der Waals surface area contributed by atoms with Crippen molar-refractivity contribution in [2.24, 2.45) is 0 Å². The summed E-state index contributed by atoms with van der Waals surface area (Å²) in [5, 5.41) is 6.84. The molecule has 150 valence electrons. The number of rotatable bonds is 7. The fourth-order valence-electron chi connectivity index (χ4n) is 3.38. The van der Waals surface area contributed by atoms with Gasteiger partial charge in [-0.1, -0.05) is 49.4 Å². The molecule has 4 rings (SSSR count). The number of nitrogens with one attached hydrogen (secondary N) is 2. The Morgan fingerprint density at radius 3 is 2.52 bits per heavy atom. The Balaban J connectivity index is 1.66. The Kier molecular flexibility index (Phi) is 6.22. The summed E-state index contributed by atoms with van der Waals surface area (Å²) in [5.41, 5.74) is 4.16. The average molecular weight is 390 g/mol.